The maximum absolute atomic E-state index is 6.35. The van der Waals surface area contributed by atoms with E-state index in [0.717, 1.165) is 17.6 Å². The van der Waals surface area contributed by atoms with Crippen molar-refractivity contribution in [2.45, 2.75) is 54.8 Å². The van der Waals surface area contributed by atoms with E-state index < -0.39 is 0 Å². The van der Waals surface area contributed by atoms with Crippen LogP contribution in [0.4, 0.5) is 0 Å². The third kappa shape index (κ3) is 1.77. The largest absolute Gasteiger partial charge is 0.475 e. The number of para-hydroxylation sites is 1. The Bertz CT molecular complexity index is 431. The van der Waals surface area contributed by atoms with Crippen LogP contribution >= 0.6 is 11.8 Å². The predicted molar refractivity (Wildman–Crippen MR) is 75.0 cm³/mol. The highest BCUT2D eigenvalue weighted by atomic mass is 32.2. The van der Waals surface area contributed by atoms with E-state index >= 15 is 0 Å². The fourth-order valence-electron chi connectivity index (χ4n) is 4.07. The molecule has 3 atom stereocenters. The molecule has 1 heterocycles. The normalized spacial score (nSPS) is 38.0. The monoisotopic (exact) mass is 260 g/mol. The molecule has 96 valence electrons. The summed E-state index contributed by atoms with van der Waals surface area (Å²) in [5.41, 5.74) is 0. The quantitative estimate of drug-likeness (QED) is 0.659. The van der Waals surface area contributed by atoms with E-state index in [4.69, 9.17) is 4.74 Å². The first-order valence-corrected chi connectivity index (χ1v) is 8.13. The van der Waals surface area contributed by atoms with E-state index in [1.165, 1.54) is 49.8 Å². The fraction of sp³-hybridized carbons (Fsp3) is 0.625. The minimum atomic E-state index is 0.0855. The van der Waals surface area contributed by atoms with Gasteiger partial charge >= 0.3 is 0 Å². The van der Waals surface area contributed by atoms with Crippen molar-refractivity contribution in [1.29, 1.82) is 0 Å². The Balaban J connectivity index is 1.57. The second-order valence-corrected chi connectivity index (χ2v) is 7.50. The van der Waals surface area contributed by atoms with Gasteiger partial charge in [-0.05, 0) is 36.8 Å². The maximum atomic E-state index is 6.35. The minimum Gasteiger partial charge on any atom is -0.475 e. The lowest BCUT2D eigenvalue weighted by Crippen LogP contribution is -2.40. The molecule has 0 aromatic heterocycles. The molecular formula is C16H20OS. The summed E-state index contributed by atoms with van der Waals surface area (Å²) in [5.74, 6) is 3.04. The Kier molecular flexibility index (Phi) is 2.61. The van der Waals surface area contributed by atoms with E-state index in [-0.39, 0.29) is 4.93 Å². The van der Waals surface area contributed by atoms with Crippen molar-refractivity contribution in [3.63, 3.8) is 0 Å². The van der Waals surface area contributed by atoms with Crippen molar-refractivity contribution in [2.75, 3.05) is 0 Å². The third-order valence-corrected chi connectivity index (χ3v) is 6.36. The number of benzene rings is 1. The molecule has 0 saturated heterocycles. The predicted octanol–water partition coefficient (Wildman–Crippen LogP) is 4.86. The topological polar surface area (TPSA) is 9.23 Å². The van der Waals surface area contributed by atoms with Crippen LogP contribution in [0, 0.1) is 11.8 Å². The van der Waals surface area contributed by atoms with Gasteiger partial charge in [0.2, 0.25) is 0 Å². The molecule has 0 N–H and O–H groups in total. The molecule has 1 spiro atoms. The number of ether oxygens (including phenoxy) is 1. The van der Waals surface area contributed by atoms with Gasteiger partial charge in [0, 0.05) is 6.42 Å². The summed E-state index contributed by atoms with van der Waals surface area (Å²) in [7, 11) is 0. The van der Waals surface area contributed by atoms with Crippen LogP contribution in [0.1, 0.15) is 44.9 Å². The first-order chi connectivity index (χ1) is 8.85. The zero-order valence-corrected chi connectivity index (χ0v) is 11.5. The van der Waals surface area contributed by atoms with Gasteiger partial charge < -0.3 is 4.74 Å². The van der Waals surface area contributed by atoms with E-state index in [9.17, 15) is 0 Å². The molecule has 4 rings (SSSR count). The van der Waals surface area contributed by atoms with Crippen molar-refractivity contribution >= 4 is 11.8 Å². The van der Waals surface area contributed by atoms with Crippen LogP contribution in [-0.4, -0.2) is 4.93 Å². The Labute approximate surface area is 113 Å². The van der Waals surface area contributed by atoms with Crippen LogP contribution in [0.2, 0.25) is 0 Å². The van der Waals surface area contributed by atoms with Crippen LogP contribution in [0.3, 0.4) is 0 Å². The minimum absolute atomic E-state index is 0.0855. The number of thioether (sulfide) groups is 1. The average molecular weight is 260 g/mol. The van der Waals surface area contributed by atoms with Crippen LogP contribution in [0.15, 0.2) is 29.2 Å². The van der Waals surface area contributed by atoms with Crippen molar-refractivity contribution in [2.24, 2.45) is 11.8 Å². The lowest BCUT2D eigenvalue weighted by atomic mass is 9.70. The molecule has 1 nitrogen and oxygen atoms in total. The first kappa shape index (κ1) is 11.2. The summed E-state index contributed by atoms with van der Waals surface area (Å²) in [6, 6.07) is 8.55. The van der Waals surface area contributed by atoms with Gasteiger partial charge in [-0.1, -0.05) is 49.6 Å². The van der Waals surface area contributed by atoms with E-state index in [2.05, 4.69) is 24.3 Å². The lowest BCUT2D eigenvalue weighted by Gasteiger charge is -2.43. The molecule has 2 saturated carbocycles. The van der Waals surface area contributed by atoms with Gasteiger partial charge in [-0.15, -0.1) is 0 Å². The second kappa shape index (κ2) is 4.19. The second-order valence-electron chi connectivity index (χ2n) is 6.11. The Morgan fingerprint density at radius 2 is 1.89 bits per heavy atom. The summed E-state index contributed by atoms with van der Waals surface area (Å²) >= 11 is 1.99. The SMILES string of the molecule is c1ccc2c(c1)OC1(CCC3CCCCC3C1)S2. The Morgan fingerprint density at radius 1 is 1.06 bits per heavy atom. The van der Waals surface area contributed by atoms with Gasteiger partial charge in [-0.25, -0.2) is 0 Å². The number of hydrogen-bond acceptors (Lipinski definition) is 2. The highest BCUT2D eigenvalue weighted by Crippen LogP contribution is 2.57. The molecule has 1 aliphatic heterocycles. The zero-order chi connectivity index (χ0) is 12.0. The lowest BCUT2D eigenvalue weighted by molar-refractivity contribution is 0.0455. The molecule has 18 heavy (non-hydrogen) atoms. The molecule has 2 heteroatoms. The number of fused-ring (bicyclic) bond motifs is 2. The van der Waals surface area contributed by atoms with Crippen molar-refractivity contribution in [3.05, 3.63) is 24.3 Å². The van der Waals surface area contributed by atoms with E-state index in [1.54, 1.807) is 0 Å². The first-order valence-electron chi connectivity index (χ1n) is 7.32. The highest BCUT2D eigenvalue weighted by molar-refractivity contribution is 8.00. The zero-order valence-electron chi connectivity index (χ0n) is 10.7. The average Bonchev–Trinajstić information content (AvgIpc) is 2.76. The highest BCUT2D eigenvalue weighted by Gasteiger charge is 2.47. The van der Waals surface area contributed by atoms with Crippen LogP contribution in [0.25, 0.3) is 0 Å². The molecule has 0 bridgehead atoms. The van der Waals surface area contributed by atoms with Crippen molar-refractivity contribution < 1.29 is 4.74 Å². The standard InChI is InChI=1S/C16H20OS/c1-2-6-13-11-16(10-9-12(13)5-1)17-14-7-3-4-8-15(14)18-16/h3-4,7-8,12-13H,1-2,5-6,9-11H2. The molecule has 0 amide bonds. The van der Waals surface area contributed by atoms with E-state index in [0.29, 0.717) is 0 Å². The van der Waals surface area contributed by atoms with Gasteiger partial charge in [-0.2, -0.15) is 0 Å². The van der Waals surface area contributed by atoms with Crippen LogP contribution < -0.4 is 4.74 Å². The molecular weight excluding hydrogens is 240 g/mol. The fourth-order valence-corrected chi connectivity index (χ4v) is 5.47. The molecule has 1 aromatic rings. The summed E-state index contributed by atoms with van der Waals surface area (Å²) in [6.45, 7) is 0. The van der Waals surface area contributed by atoms with Gasteiger partial charge in [0.15, 0.2) is 4.93 Å². The summed E-state index contributed by atoms with van der Waals surface area (Å²) in [5, 5.41) is 0. The Hall–Kier alpha value is -0.630. The van der Waals surface area contributed by atoms with Gasteiger partial charge in [0.05, 0.1) is 4.90 Å². The maximum Gasteiger partial charge on any atom is 0.159 e. The van der Waals surface area contributed by atoms with Gasteiger partial charge in [-0.3, -0.25) is 0 Å². The smallest absolute Gasteiger partial charge is 0.159 e. The van der Waals surface area contributed by atoms with Crippen molar-refractivity contribution in [1.82, 2.24) is 0 Å². The van der Waals surface area contributed by atoms with Crippen LogP contribution in [0.5, 0.6) is 5.75 Å². The number of rotatable bonds is 0. The summed E-state index contributed by atoms with van der Waals surface area (Å²) in [6.07, 6.45) is 9.71. The van der Waals surface area contributed by atoms with E-state index in [1.807, 2.05) is 11.8 Å². The third-order valence-electron chi connectivity index (χ3n) is 4.98. The number of hydrogen-bond donors (Lipinski definition) is 0. The molecule has 0 radical (unpaired) electrons. The van der Waals surface area contributed by atoms with Crippen LogP contribution in [-0.2, 0) is 0 Å². The molecule has 3 unspecified atom stereocenters. The summed E-state index contributed by atoms with van der Waals surface area (Å²) in [4.78, 5) is 1.44. The van der Waals surface area contributed by atoms with Gasteiger partial charge in [0.1, 0.15) is 5.75 Å². The summed E-state index contributed by atoms with van der Waals surface area (Å²) < 4.78 is 6.35. The molecule has 2 fully saturated rings. The van der Waals surface area contributed by atoms with Gasteiger partial charge in [0.25, 0.3) is 0 Å². The molecule has 2 aliphatic carbocycles. The molecule has 3 aliphatic rings. The molecule has 1 aromatic carbocycles. The Morgan fingerprint density at radius 3 is 2.78 bits per heavy atom. The van der Waals surface area contributed by atoms with Crippen molar-refractivity contribution in [3.8, 4) is 5.75 Å².